The summed E-state index contributed by atoms with van der Waals surface area (Å²) in [5.74, 6) is 0.921. The largest absolute Gasteiger partial charge is 0.492 e. The normalized spacial score (nSPS) is 22.5. The van der Waals surface area contributed by atoms with Crippen molar-refractivity contribution in [3.8, 4) is 5.75 Å². The first-order valence-corrected chi connectivity index (χ1v) is 9.96. The van der Waals surface area contributed by atoms with Gasteiger partial charge >= 0.3 is 0 Å². The molecule has 24 heavy (non-hydrogen) atoms. The summed E-state index contributed by atoms with van der Waals surface area (Å²) in [4.78, 5) is 0.151. The van der Waals surface area contributed by atoms with Crippen molar-refractivity contribution in [2.75, 3.05) is 19.7 Å². The summed E-state index contributed by atoms with van der Waals surface area (Å²) in [6.07, 6.45) is 5.16. The van der Waals surface area contributed by atoms with Gasteiger partial charge in [0, 0.05) is 24.2 Å². The molecular weight excluding hydrogens is 371 g/mol. The van der Waals surface area contributed by atoms with Crippen LogP contribution in [0.1, 0.15) is 32.1 Å². The number of piperidine rings is 1. The number of nitrogens with two attached hydrogens (primary N) is 1. The Hall–Kier alpha value is -0.530. The minimum Gasteiger partial charge on any atom is -0.492 e. The van der Waals surface area contributed by atoms with Crippen LogP contribution < -0.4 is 10.5 Å². The Morgan fingerprint density at radius 1 is 1.25 bits per heavy atom. The summed E-state index contributed by atoms with van der Waals surface area (Å²) in [7, 11) is -3.64. The monoisotopic (exact) mass is 394 g/mol. The Labute approximate surface area is 154 Å². The molecule has 0 radical (unpaired) electrons. The van der Waals surface area contributed by atoms with Crippen LogP contribution in [0.15, 0.2) is 23.1 Å². The van der Waals surface area contributed by atoms with E-state index in [-0.39, 0.29) is 23.3 Å². The van der Waals surface area contributed by atoms with Gasteiger partial charge in [-0.25, -0.2) is 8.42 Å². The quantitative estimate of drug-likeness (QED) is 0.832. The van der Waals surface area contributed by atoms with Crippen molar-refractivity contribution in [2.24, 2.45) is 11.7 Å². The molecule has 3 rings (SSSR count). The van der Waals surface area contributed by atoms with E-state index in [1.54, 1.807) is 12.1 Å². The minimum atomic E-state index is -3.64. The highest BCUT2D eigenvalue weighted by Gasteiger charge is 2.32. The average Bonchev–Trinajstić information content (AvgIpc) is 2.47. The second-order valence-corrected chi connectivity index (χ2v) is 8.81. The average molecular weight is 395 g/mol. The summed E-state index contributed by atoms with van der Waals surface area (Å²) in [6.45, 7) is 1.39. The van der Waals surface area contributed by atoms with E-state index in [1.165, 1.54) is 16.8 Å². The van der Waals surface area contributed by atoms with Crippen LogP contribution in [-0.2, 0) is 10.0 Å². The van der Waals surface area contributed by atoms with Crippen molar-refractivity contribution in [3.63, 3.8) is 0 Å². The fraction of sp³-hybridized carbons (Fsp3) is 0.625. The van der Waals surface area contributed by atoms with Gasteiger partial charge < -0.3 is 10.5 Å². The molecular formula is C16H24Cl2N2O3S. The van der Waals surface area contributed by atoms with E-state index in [0.717, 1.165) is 25.7 Å². The van der Waals surface area contributed by atoms with Crippen LogP contribution in [-0.4, -0.2) is 38.5 Å². The molecule has 1 atom stereocenters. The highest BCUT2D eigenvalue weighted by Crippen LogP contribution is 2.33. The van der Waals surface area contributed by atoms with Crippen molar-refractivity contribution < 1.29 is 13.2 Å². The zero-order valence-corrected chi connectivity index (χ0v) is 15.9. The first-order chi connectivity index (χ1) is 11.0. The number of nitrogens with zero attached hydrogens (tertiary/aromatic N) is 1. The molecule has 1 aromatic rings. The number of hydrogen-bond acceptors (Lipinski definition) is 4. The summed E-state index contributed by atoms with van der Waals surface area (Å²) in [5.41, 5.74) is 5.93. The number of halogens is 2. The van der Waals surface area contributed by atoms with E-state index in [2.05, 4.69) is 0 Å². The maximum atomic E-state index is 13.0. The zero-order chi connectivity index (χ0) is 16.4. The van der Waals surface area contributed by atoms with Crippen molar-refractivity contribution in [1.82, 2.24) is 4.31 Å². The summed E-state index contributed by atoms with van der Waals surface area (Å²) in [6, 6.07) is 4.68. The van der Waals surface area contributed by atoms with Crippen molar-refractivity contribution in [2.45, 2.75) is 43.0 Å². The number of ether oxygens (including phenoxy) is 1. The van der Waals surface area contributed by atoms with Crippen LogP contribution in [0.5, 0.6) is 5.75 Å². The first kappa shape index (κ1) is 19.8. The van der Waals surface area contributed by atoms with E-state index in [1.807, 2.05) is 0 Å². The molecule has 136 valence electrons. The highest BCUT2D eigenvalue weighted by atomic mass is 35.5. The fourth-order valence-electron chi connectivity index (χ4n) is 3.00. The van der Waals surface area contributed by atoms with Gasteiger partial charge in [0.05, 0.1) is 6.61 Å². The lowest BCUT2D eigenvalue weighted by Gasteiger charge is -2.31. The molecule has 0 spiro atoms. The Morgan fingerprint density at radius 3 is 2.62 bits per heavy atom. The third-order valence-electron chi connectivity index (χ3n) is 4.64. The second kappa shape index (κ2) is 8.23. The van der Waals surface area contributed by atoms with Gasteiger partial charge in [0.1, 0.15) is 10.6 Å². The van der Waals surface area contributed by atoms with Gasteiger partial charge in [-0.1, -0.05) is 18.0 Å². The standard InChI is InChI=1S/C16H23ClN2O3S.ClH/c17-13-6-7-15(22-11-12-3-1-4-12)16(9-13)23(20,21)19-8-2-5-14(18)10-19;/h6-7,9,12,14H,1-5,8,10-11,18H2;1H. The topological polar surface area (TPSA) is 72.6 Å². The van der Waals surface area contributed by atoms with Gasteiger partial charge in [-0.2, -0.15) is 4.31 Å². The van der Waals surface area contributed by atoms with Crippen LogP contribution in [0.2, 0.25) is 5.02 Å². The van der Waals surface area contributed by atoms with Gasteiger partial charge in [0.2, 0.25) is 10.0 Å². The molecule has 1 heterocycles. The van der Waals surface area contributed by atoms with Crippen molar-refractivity contribution >= 4 is 34.0 Å². The molecule has 0 aromatic heterocycles. The molecule has 8 heteroatoms. The number of rotatable bonds is 5. The van der Waals surface area contributed by atoms with E-state index in [0.29, 0.717) is 36.4 Å². The molecule has 1 aromatic carbocycles. The van der Waals surface area contributed by atoms with E-state index >= 15 is 0 Å². The van der Waals surface area contributed by atoms with Gasteiger partial charge in [0.15, 0.2) is 0 Å². The van der Waals surface area contributed by atoms with E-state index < -0.39 is 10.0 Å². The Balaban J connectivity index is 0.00000208. The fourth-order valence-corrected chi connectivity index (χ4v) is 4.93. The van der Waals surface area contributed by atoms with Crippen molar-refractivity contribution in [3.05, 3.63) is 23.2 Å². The van der Waals surface area contributed by atoms with Gasteiger partial charge in [-0.15, -0.1) is 12.4 Å². The summed E-state index contributed by atoms with van der Waals surface area (Å²) in [5, 5.41) is 0.390. The molecule has 5 nitrogen and oxygen atoms in total. The number of sulfonamides is 1. The van der Waals surface area contributed by atoms with Gasteiger partial charge in [-0.05, 0) is 49.8 Å². The molecule has 2 N–H and O–H groups in total. The maximum absolute atomic E-state index is 13.0. The van der Waals surface area contributed by atoms with Crippen LogP contribution in [0.3, 0.4) is 0 Å². The molecule has 1 aliphatic carbocycles. The predicted octanol–water partition coefficient (Wildman–Crippen LogP) is 3.05. The molecule has 0 bridgehead atoms. The van der Waals surface area contributed by atoms with E-state index in [9.17, 15) is 8.42 Å². The molecule has 2 fully saturated rings. The maximum Gasteiger partial charge on any atom is 0.246 e. The van der Waals surface area contributed by atoms with Gasteiger partial charge in [0.25, 0.3) is 0 Å². The lowest BCUT2D eigenvalue weighted by molar-refractivity contribution is 0.177. The van der Waals surface area contributed by atoms with Crippen LogP contribution in [0.25, 0.3) is 0 Å². The summed E-state index contributed by atoms with van der Waals surface area (Å²) < 4.78 is 33.2. The lowest BCUT2D eigenvalue weighted by atomic mass is 9.86. The van der Waals surface area contributed by atoms with Crippen molar-refractivity contribution in [1.29, 1.82) is 0 Å². The molecule has 1 saturated carbocycles. The SMILES string of the molecule is Cl.NC1CCCN(S(=O)(=O)c2cc(Cl)ccc2OCC2CCC2)C1. The van der Waals surface area contributed by atoms with E-state index in [4.69, 9.17) is 22.1 Å². The Kier molecular flexibility index (Phi) is 6.79. The van der Waals surface area contributed by atoms with Crippen LogP contribution >= 0.6 is 24.0 Å². The highest BCUT2D eigenvalue weighted by molar-refractivity contribution is 7.89. The third-order valence-corrected chi connectivity index (χ3v) is 6.76. The molecule has 1 saturated heterocycles. The van der Waals surface area contributed by atoms with Crippen LogP contribution in [0.4, 0.5) is 0 Å². The predicted molar refractivity (Wildman–Crippen MR) is 97.5 cm³/mol. The Bertz CT molecular complexity index is 665. The second-order valence-electron chi connectivity index (χ2n) is 6.46. The lowest BCUT2D eigenvalue weighted by Crippen LogP contribution is -2.45. The number of hydrogen-bond donors (Lipinski definition) is 1. The molecule has 2 aliphatic rings. The molecule has 1 aliphatic heterocycles. The summed E-state index contributed by atoms with van der Waals surface area (Å²) >= 11 is 6.03. The smallest absolute Gasteiger partial charge is 0.246 e. The van der Waals surface area contributed by atoms with Gasteiger partial charge in [-0.3, -0.25) is 0 Å². The Morgan fingerprint density at radius 2 is 2.00 bits per heavy atom. The number of benzene rings is 1. The zero-order valence-electron chi connectivity index (χ0n) is 13.5. The molecule has 1 unspecified atom stereocenters. The third kappa shape index (κ3) is 4.35. The minimum absolute atomic E-state index is 0. The molecule has 0 amide bonds. The van der Waals surface area contributed by atoms with Crippen LogP contribution in [0, 0.1) is 5.92 Å². The first-order valence-electron chi connectivity index (χ1n) is 8.15.